The average Bonchev–Trinajstić information content (AvgIpc) is 3.12. The lowest BCUT2D eigenvalue weighted by molar-refractivity contribution is 0.0647. The average molecular weight is 344 g/mol. The molecule has 2 N–H and O–H groups in total. The highest BCUT2D eigenvalue weighted by Crippen LogP contribution is 2.34. The van der Waals surface area contributed by atoms with E-state index < -0.39 is 5.41 Å². The fourth-order valence-corrected chi connectivity index (χ4v) is 3.44. The monoisotopic (exact) mass is 344 g/mol. The van der Waals surface area contributed by atoms with Gasteiger partial charge in [0.15, 0.2) is 0 Å². The number of rotatable bonds is 3. The molecule has 1 aromatic heterocycles. The van der Waals surface area contributed by atoms with Gasteiger partial charge < -0.3 is 10.2 Å². The molecule has 2 heterocycles. The number of carbonyl (C=O) groups excluding carboxylic acids is 2. The Labute approximate surface area is 145 Å². The number of H-pyrrole nitrogens is 1. The summed E-state index contributed by atoms with van der Waals surface area (Å²) in [5, 5.41) is 9.57. The third kappa shape index (κ3) is 3.26. The number of carbonyl (C=O) groups is 2. The highest BCUT2D eigenvalue weighted by atomic mass is 19.1. The first-order valence-corrected chi connectivity index (χ1v) is 8.25. The van der Waals surface area contributed by atoms with Gasteiger partial charge in [-0.15, -0.1) is 0 Å². The molecule has 25 heavy (non-hydrogen) atoms. The van der Waals surface area contributed by atoms with Crippen molar-refractivity contribution >= 4 is 11.8 Å². The van der Waals surface area contributed by atoms with Crippen molar-refractivity contribution in [1.29, 1.82) is 0 Å². The third-order valence-electron chi connectivity index (χ3n) is 4.79. The molecule has 0 bridgehead atoms. The van der Waals surface area contributed by atoms with Crippen LogP contribution in [0, 0.1) is 5.82 Å². The molecule has 7 heteroatoms. The van der Waals surface area contributed by atoms with E-state index in [-0.39, 0.29) is 17.6 Å². The minimum absolute atomic E-state index is 0.132. The van der Waals surface area contributed by atoms with Crippen LogP contribution in [0.5, 0.6) is 0 Å². The number of aromatic amines is 1. The number of aromatic nitrogens is 2. The fourth-order valence-electron chi connectivity index (χ4n) is 3.44. The third-order valence-corrected chi connectivity index (χ3v) is 4.79. The Morgan fingerprint density at radius 3 is 2.72 bits per heavy atom. The predicted molar refractivity (Wildman–Crippen MR) is 90.9 cm³/mol. The molecule has 1 fully saturated rings. The Balaban J connectivity index is 1.85. The van der Waals surface area contributed by atoms with Crippen molar-refractivity contribution < 1.29 is 14.0 Å². The molecular formula is C18H21FN4O2. The summed E-state index contributed by atoms with van der Waals surface area (Å²) in [5.74, 6) is -0.702. The summed E-state index contributed by atoms with van der Waals surface area (Å²) in [4.78, 5) is 26.6. The molecule has 6 nitrogen and oxygen atoms in total. The van der Waals surface area contributed by atoms with E-state index >= 15 is 0 Å². The molecule has 2 amide bonds. The Kier molecular flexibility index (Phi) is 4.57. The van der Waals surface area contributed by atoms with Crippen molar-refractivity contribution in [2.75, 3.05) is 20.1 Å². The van der Waals surface area contributed by atoms with Gasteiger partial charge in [-0.3, -0.25) is 14.7 Å². The van der Waals surface area contributed by atoms with Gasteiger partial charge in [0.25, 0.3) is 11.8 Å². The van der Waals surface area contributed by atoms with Gasteiger partial charge >= 0.3 is 0 Å². The summed E-state index contributed by atoms with van der Waals surface area (Å²) in [6.07, 6.45) is 3.17. The normalized spacial score (nSPS) is 20.4. The summed E-state index contributed by atoms with van der Waals surface area (Å²) < 4.78 is 13.1. The quantitative estimate of drug-likeness (QED) is 0.895. The zero-order valence-corrected chi connectivity index (χ0v) is 14.3. The van der Waals surface area contributed by atoms with Crippen molar-refractivity contribution in [3.8, 4) is 0 Å². The van der Waals surface area contributed by atoms with E-state index in [1.807, 2.05) is 6.92 Å². The van der Waals surface area contributed by atoms with E-state index in [2.05, 4.69) is 15.5 Å². The van der Waals surface area contributed by atoms with Gasteiger partial charge in [0, 0.05) is 31.1 Å². The molecule has 1 aliphatic heterocycles. The second kappa shape index (κ2) is 6.66. The van der Waals surface area contributed by atoms with Crippen molar-refractivity contribution in [3.63, 3.8) is 0 Å². The Bertz CT molecular complexity index is 787. The van der Waals surface area contributed by atoms with Crippen LogP contribution in [-0.4, -0.2) is 47.0 Å². The first-order valence-electron chi connectivity index (χ1n) is 8.25. The SMILES string of the molecule is CNC(=O)c1cn[nH]c1[C@@]1(C)CCCN(C(=O)c2ccc(F)cc2)C1. The van der Waals surface area contributed by atoms with E-state index in [1.165, 1.54) is 30.5 Å². The molecule has 0 spiro atoms. The van der Waals surface area contributed by atoms with Crippen LogP contribution >= 0.6 is 0 Å². The molecule has 0 unspecified atom stereocenters. The molecule has 2 aromatic rings. The van der Waals surface area contributed by atoms with Gasteiger partial charge in [0.2, 0.25) is 0 Å². The molecule has 1 atom stereocenters. The summed E-state index contributed by atoms with van der Waals surface area (Å²) in [7, 11) is 1.58. The van der Waals surface area contributed by atoms with E-state index in [1.54, 1.807) is 11.9 Å². The Morgan fingerprint density at radius 2 is 2.04 bits per heavy atom. The first-order chi connectivity index (χ1) is 11.9. The van der Waals surface area contributed by atoms with Crippen molar-refractivity contribution in [2.24, 2.45) is 0 Å². The standard InChI is InChI=1S/C18H21FN4O2/c1-18(15-14(10-21-22-15)16(24)20-2)8-3-9-23(11-18)17(25)12-4-6-13(19)7-5-12/h4-7,10H,3,8-9,11H2,1-2H3,(H,20,24)(H,21,22)/t18-/m0/s1. The van der Waals surface area contributed by atoms with Crippen LogP contribution in [0.4, 0.5) is 4.39 Å². The number of nitrogens with zero attached hydrogens (tertiary/aromatic N) is 2. The number of halogens is 1. The van der Waals surface area contributed by atoms with Crippen LogP contribution in [-0.2, 0) is 5.41 Å². The second-order valence-electron chi connectivity index (χ2n) is 6.64. The van der Waals surface area contributed by atoms with Gasteiger partial charge in [-0.05, 0) is 37.1 Å². The Hall–Kier alpha value is -2.70. The highest BCUT2D eigenvalue weighted by molar-refractivity contribution is 5.96. The zero-order chi connectivity index (χ0) is 18.0. The van der Waals surface area contributed by atoms with E-state index in [4.69, 9.17) is 0 Å². The minimum atomic E-state index is -0.397. The van der Waals surface area contributed by atoms with Crippen LogP contribution in [0.1, 0.15) is 46.2 Å². The van der Waals surface area contributed by atoms with Crippen LogP contribution in [0.2, 0.25) is 0 Å². The molecule has 1 saturated heterocycles. The number of nitrogens with one attached hydrogen (secondary N) is 2. The van der Waals surface area contributed by atoms with E-state index in [0.29, 0.717) is 24.2 Å². The maximum Gasteiger partial charge on any atom is 0.254 e. The van der Waals surface area contributed by atoms with Crippen LogP contribution < -0.4 is 5.32 Å². The molecule has 0 aliphatic carbocycles. The predicted octanol–water partition coefficient (Wildman–Crippen LogP) is 2.10. The summed E-state index contributed by atoms with van der Waals surface area (Å²) in [6.45, 7) is 3.13. The summed E-state index contributed by atoms with van der Waals surface area (Å²) >= 11 is 0. The topological polar surface area (TPSA) is 78.1 Å². The zero-order valence-electron chi connectivity index (χ0n) is 14.3. The molecule has 0 radical (unpaired) electrons. The van der Waals surface area contributed by atoms with Crippen LogP contribution in [0.25, 0.3) is 0 Å². The second-order valence-corrected chi connectivity index (χ2v) is 6.64. The summed E-state index contributed by atoms with van der Waals surface area (Å²) in [5.41, 5.74) is 1.30. The molecule has 132 valence electrons. The molecule has 1 aromatic carbocycles. The largest absolute Gasteiger partial charge is 0.355 e. The first kappa shape index (κ1) is 17.1. The van der Waals surface area contributed by atoms with Crippen molar-refractivity contribution in [1.82, 2.24) is 20.4 Å². The van der Waals surface area contributed by atoms with Gasteiger partial charge in [-0.25, -0.2) is 4.39 Å². The van der Waals surface area contributed by atoms with Gasteiger partial charge in [0.1, 0.15) is 5.82 Å². The molecule has 0 saturated carbocycles. The maximum atomic E-state index is 13.1. The highest BCUT2D eigenvalue weighted by Gasteiger charge is 2.38. The number of benzene rings is 1. The Morgan fingerprint density at radius 1 is 1.32 bits per heavy atom. The lowest BCUT2D eigenvalue weighted by Gasteiger charge is -2.40. The minimum Gasteiger partial charge on any atom is -0.355 e. The summed E-state index contributed by atoms with van der Waals surface area (Å²) in [6, 6.07) is 5.56. The van der Waals surface area contributed by atoms with E-state index in [9.17, 15) is 14.0 Å². The number of hydrogen-bond acceptors (Lipinski definition) is 3. The van der Waals surface area contributed by atoms with Crippen LogP contribution in [0.3, 0.4) is 0 Å². The molecule has 1 aliphatic rings. The maximum absolute atomic E-state index is 13.1. The fraction of sp³-hybridized carbons (Fsp3) is 0.389. The smallest absolute Gasteiger partial charge is 0.254 e. The number of likely N-dealkylation sites (tertiary alicyclic amines) is 1. The van der Waals surface area contributed by atoms with Crippen LogP contribution in [0.15, 0.2) is 30.5 Å². The van der Waals surface area contributed by atoms with Gasteiger partial charge in [0.05, 0.1) is 17.5 Å². The lowest BCUT2D eigenvalue weighted by atomic mass is 9.77. The lowest BCUT2D eigenvalue weighted by Crippen LogP contribution is -2.48. The van der Waals surface area contributed by atoms with E-state index in [0.717, 1.165) is 18.5 Å². The van der Waals surface area contributed by atoms with Gasteiger partial charge in [-0.1, -0.05) is 6.92 Å². The van der Waals surface area contributed by atoms with Gasteiger partial charge in [-0.2, -0.15) is 5.10 Å². The number of hydrogen-bond donors (Lipinski definition) is 2. The van der Waals surface area contributed by atoms with Crippen molar-refractivity contribution in [3.05, 3.63) is 53.1 Å². The number of amides is 2. The number of piperidine rings is 1. The molecule has 3 rings (SSSR count). The van der Waals surface area contributed by atoms with Crippen molar-refractivity contribution in [2.45, 2.75) is 25.2 Å². The molecular weight excluding hydrogens is 323 g/mol.